The van der Waals surface area contributed by atoms with E-state index in [2.05, 4.69) is 14.8 Å². The van der Waals surface area contributed by atoms with Crippen molar-refractivity contribution in [2.45, 2.75) is 25.1 Å². The third kappa shape index (κ3) is 1.89. The van der Waals surface area contributed by atoms with Gasteiger partial charge in [-0.25, -0.2) is 0 Å². The molecule has 5 nitrogen and oxygen atoms in total. The zero-order valence-electron chi connectivity index (χ0n) is 7.64. The third-order valence-corrected chi connectivity index (χ3v) is 3.06. The molecule has 1 aromatic heterocycles. The van der Waals surface area contributed by atoms with Gasteiger partial charge in [-0.1, -0.05) is 0 Å². The van der Waals surface area contributed by atoms with E-state index in [0.29, 0.717) is 5.75 Å². The molecule has 1 aliphatic heterocycles. The van der Waals surface area contributed by atoms with Crippen LogP contribution in [-0.2, 0) is 23.5 Å². The highest BCUT2D eigenvalue weighted by atomic mass is 32.2. The van der Waals surface area contributed by atoms with Gasteiger partial charge in [-0.15, -0.1) is 22.0 Å². The van der Waals surface area contributed by atoms with Crippen molar-refractivity contribution in [1.29, 1.82) is 0 Å². The zero-order valence-corrected chi connectivity index (χ0v) is 8.46. The number of carboxylic acid groups (broad SMARTS) is 1. The highest BCUT2D eigenvalue weighted by Gasteiger charge is 2.16. The summed E-state index contributed by atoms with van der Waals surface area (Å²) < 4.78 is 2.09. The van der Waals surface area contributed by atoms with Crippen LogP contribution in [0, 0.1) is 0 Å². The van der Waals surface area contributed by atoms with E-state index in [1.807, 2.05) is 0 Å². The van der Waals surface area contributed by atoms with Crippen LogP contribution in [0.2, 0.25) is 0 Å². The number of hydrogen-bond acceptors (Lipinski definition) is 4. The van der Waals surface area contributed by atoms with Gasteiger partial charge in [0.25, 0.3) is 0 Å². The Bertz CT molecular complexity index is 350. The second-order valence-electron chi connectivity index (χ2n) is 3.17. The molecule has 1 N–H and O–H groups in total. The number of thioether (sulfide) groups is 1. The van der Waals surface area contributed by atoms with Crippen LogP contribution >= 0.6 is 11.8 Å². The van der Waals surface area contributed by atoms with Crippen LogP contribution in [0.15, 0.2) is 0 Å². The fraction of sp³-hybridized carbons (Fsp3) is 0.625. The van der Waals surface area contributed by atoms with Gasteiger partial charge in [-0.05, 0) is 6.42 Å². The number of aryl methyl sites for hydroxylation is 1. The highest BCUT2D eigenvalue weighted by molar-refractivity contribution is 7.99. The summed E-state index contributed by atoms with van der Waals surface area (Å²) >= 11 is 1.36. The van der Waals surface area contributed by atoms with Crippen molar-refractivity contribution in [1.82, 2.24) is 14.8 Å². The van der Waals surface area contributed by atoms with Gasteiger partial charge in [0, 0.05) is 13.0 Å². The van der Waals surface area contributed by atoms with Gasteiger partial charge in [0.2, 0.25) is 0 Å². The van der Waals surface area contributed by atoms with Crippen LogP contribution < -0.4 is 0 Å². The summed E-state index contributed by atoms with van der Waals surface area (Å²) in [5.74, 6) is 1.93. The maximum absolute atomic E-state index is 10.3. The normalized spacial score (nSPS) is 14.3. The molecule has 0 unspecified atom stereocenters. The number of fused-ring (bicyclic) bond motifs is 1. The predicted molar refractivity (Wildman–Crippen MR) is 52.1 cm³/mol. The van der Waals surface area contributed by atoms with Crippen LogP contribution in [0.3, 0.4) is 0 Å². The van der Waals surface area contributed by atoms with E-state index in [4.69, 9.17) is 5.11 Å². The first-order chi connectivity index (χ1) is 6.77. The molecule has 1 aromatic rings. The van der Waals surface area contributed by atoms with Gasteiger partial charge < -0.3 is 9.67 Å². The summed E-state index contributed by atoms with van der Waals surface area (Å²) in [5, 5.41) is 16.6. The van der Waals surface area contributed by atoms with Gasteiger partial charge in [0.1, 0.15) is 11.6 Å². The molecule has 0 radical (unpaired) electrons. The number of rotatable bonds is 4. The first-order valence-electron chi connectivity index (χ1n) is 4.48. The predicted octanol–water partition coefficient (Wildman–Crippen LogP) is 0.542. The van der Waals surface area contributed by atoms with Gasteiger partial charge >= 0.3 is 5.97 Å². The molecule has 0 aliphatic carbocycles. The summed E-state index contributed by atoms with van der Waals surface area (Å²) in [7, 11) is 0. The first-order valence-corrected chi connectivity index (χ1v) is 5.63. The molecule has 6 heteroatoms. The largest absolute Gasteiger partial charge is 0.481 e. The van der Waals surface area contributed by atoms with Crippen LogP contribution in [0.25, 0.3) is 0 Å². The Hall–Kier alpha value is -1.04. The van der Waals surface area contributed by atoms with Crippen LogP contribution in [-0.4, -0.2) is 31.6 Å². The number of hydrogen-bond donors (Lipinski definition) is 1. The van der Waals surface area contributed by atoms with Crippen molar-refractivity contribution in [2.75, 3.05) is 5.75 Å². The fourth-order valence-electron chi connectivity index (χ4n) is 1.55. The molecule has 2 heterocycles. The van der Waals surface area contributed by atoms with Gasteiger partial charge in [-0.3, -0.25) is 4.79 Å². The number of carbonyl (C=O) groups is 1. The Morgan fingerprint density at radius 3 is 3.21 bits per heavy atom. The van der Waals surface area contributed by atoms with E-state index >= 15 is 0 Å². The lowest BCUT2D eigenvalue weighted by atomic mass is 10.4. The minimum Gasteiger partial charge on any atom is -0.481 e. The summed E-state index contributed by atoms with van der Waals surface area (Å²) in [6, 6.07) is 0. The number of carboxylic acids is 1. The SMILES string of the molecule is O=C(O)CSCc1nnc2n1CCC2. The van der Waals surface area contributed by atoms with E-state index in [9.17, 15) is 4.79 Å². The maximum atomic E-state index is 10.3. The Morgan fingerprint density at radius 1 is 1.57 bits per heavy atom. The molecule has 14 heavy (non-hydrogen) atoms. The van der Waals surface area contributed by atoms with Crippen molar-refractivity contribution in [3.8, 4) is 0 Å². The topological polar surface area (TPSA) is 68.0 Å². The minimum atomic E-state index is -0.781. The Kier molecular flexibility index (Phi) is 2.72. The molecule has 1 aliphatic rings. The molecule has 2 rings (SSSR count). The third-order valence-electron chi connectivity index (χ3n) is 2.14. The number of aromatic nitrogens is 3. The van der Waals surface area contributed by atoms with E-state index < -0.39 is 5.97 Å². The van der Waals surface area contributed by atoms with Crippen LogP contribution in [0.4, 0.5) is 0 Å². The second-order valence-corrected chi connectivity index (χ2v) is 4.16. The molecule has 0 spiro atoms. The fourth-order valence-corrected chi connectivity index (χ4v) is 2.22. The molecular formula is C8H11N3O2S. The van der Waals surface area contributed by atoms with E-state index in [1.54, 1.807) is 0 Å². The summed E-state index contributed by atoms with van der Waals surface area (Å²) in [4.78, 5) is 10.3. The second kappa shape index (κ2) is 4.00. The number of aliphatic carboxylic acids is 1. The van der Waals surface area contributed by atoms with Crippen molar-refractivity contribution in [3.05, 3.63) is 11.6 Å². The summed E-state index contributed by atoms with van der Waals surface area (Å²) in [6.45, 7) is 0.977. The molecule has 0 atom stereocenters. The Labute approximate surface area is 85.5 Å². The molecule has 0 saturated carbocycles. The number of nitrogens with zero attached hydrogens (tertiary/aromatic N) is 3. The monoisotopic (exact) mass is 213 g/mol. The maximum Gasteiger partial charge on any atom is 0.313 e. The van der Waals surface area contributed by atoms with Crippen molar-refractivity contribution < 1.29 is 9.90 Å². The Balaban J connectivity index is 1.93. The average molecular weight is 213 g/mol. The molecule has 0 saturated heterocycles. The smallest absolute Gasteiger partial charge is 0.313 e. The van der Waals surface area contributed by atoms with Crippen molar-refractivity contribution >= 4 is 17.7 Å². The lowest BCUT2D eigenvalue weighted by Gasteiger charge is -2.00. The van der Waals surface area contributed by atoms with Crippen LogP contribution in [0.5, 0.6) is 0 Å². The van der Waals surface area contributed by atoms with Gasteiger partial charge in [0.15, 0.2) is 0 Å². The standard InChI is InChI=1S/C8H11N3O2S/c12-8(13)5-14-4-7-10-9-6-2-1-3-11(6)7/h1-5H2,(H,12,13). The summed E-state index contributed by atoms with van der Waals surface area (Å²) in [6.07, 6.45) is 2.12. The average Bonchev–Trinajstić information content (AvgIpc) is 2.67. The molecule has 0 aromatic carbocycles. The van der Waals surface area contributed by atoms with Crippen molar-refractivity contribution in [3.63, 3.8) is 0 Å². The van der Waals surface area contributed by atoms with E-state index in [1.165, 1.54) is 11.8 Å². The minimum absolute atomic E-state index is 0.127. The van der Waals surface area contributed by atoms with Gasteiger partial charge in [-0.2, -0.15) is 0 Å². The molecule has 76 valence electrons. The quantitative estimate of drug-likeness (QED) is 0.790. The van der Waals surface area contributed by atoms with E-state index in [0.717, 1.165) is 31.0 Å². The molecule has 0 fully saturated rings. The Morgan fingerprint density at radius 2 is 2.43 bits per heavy atom. The van der Waals surface area contributed by atoms with E-state index in [-0.39, 0.29) is 5.75 Å². The lowest BCUT2D eigenvalue weighted by molar-refractivity contribution is -0.133. The molecular weight excluding hydrogens is 202 g/mol. The molecule has 0 bridgehead atoms. The molecule has 0 amide bonds. The lowest BCUT2D eigenvalue weighted by Crippen LogP contribution is -2.02. The zero-order chi connectivity index (χ0) is 9.97. The van der Waals surface area contributed by atoms with Crippen molar-refractivity contribution in [2.24, 2.45) is 0 Å². The van der Waals surface area contributed by atoms with Crippen LogP contribution in [0.1, 0.15) is 18.1 Å². The van der Waals surface area contributed by atoms with Gasteiger partial charge in [0.05, 0.1) is 11.5 Å². The highest BCUT2D eigenvalue weighted by Crippen LogP contribution is 2.17. The first kappa shape index (κ1) is 9.51. The summed E-state index contributed by atoms with van der Waals surface area (Å²) in [5.41, 5.74) is 0.